The zero-order valence-electron chi connectivity index (χ0n) is 22.5. The van der Waals surface area contributed by atoms with E-state index in [-0.39, 0.29) is 11.4 Å². The molecule has 1 N–H and O–H groups in total. The van der Waals surface area contributed by atoms with Crippen LogP contribution in [0.5, 0.6) is 5.88 Å². The molecular formula is C28H25F3N6O4S. The van der Waals surface area contributed by atoms with E-state index in [1.54, 1.807) is 23.2 Å². The fraction of sp³-hybridized carbons (Fsp3) is 0.250. The van der Waals surface area contributed by atoms with Gasteiger partial charge in [0.05, 0.1) is 41.2 Å². The van der Waals surface area contributed by atoms with E-state index < -0.39 is 25.9 Å². The molecule has 0 unspecified atom stereocenters. The molecule has 3 aromatic heterocycles. The van der Waals surface area contributed by atoms with Gasteiger partial charge in [-0.1, -0.05) is 6.07 Å². The fourth-order valence-corrected chi connectivity index (χ4v) is 6.23. The second kappa shape index (κ2) is 10.1. The summed E-state index contributed by atoms with van der Waals surface area (Å²) in [7, 11) is -2.72. The predicted molar refractivity (Wildman–Crippen MR) is 152 cm³/mol. The summed E-state index contributed by atoms with van der Waals surface area (Å²) < 4.78 is 75.0. The van der Waals surface area contributed by atoms with E-state index in [0.29, 0.717) is 54.0 Å². The second-order valence-electron chi connectivity index (χ2n) is 9.83. The molecule has 0 saturated carbocycles. The monoisotopic (exact) mass is 598 g/mol. The lowest BCUT2D eigenvalue weighted by Crippen LogP contribution is -2.44. The van der Waals surface area contributed by atoms with Gasteiger partial charge in [0.15, 0.2) is 0 Å². The van der Waals surface area contributed by atoms with E-state index in [4.69, 9.17) is 4.74 Å². The first-order valence-electron chi connectivity index (χ1n) is 12.9. The van der Waals surface area contributed by atoms with E-state index in [9.17, 15) is 26.4 Å². The third-order valence-electron chi connectivity index (χ3n) is 7.42. The summed E-state index contributed by atoms with van der Waals surface area (Å²) in [4.78, 5) is 23.0. The van der Waals surface area contributed by atoms with Crippen molar-refractivity contribution >= 4 is 37.5 Å². The number of alkyl halides is 3. The SMILES string of the molecule is COc1ccc(-c2ccc3ncc4c(c3c2)n(-c2ccc(N3CCNCC3)c(S(=O)(=O)C(F)(F)F)c2)c(=O)n4C)cn1. The van der Waals surface area contributed by atoms with E-state index in [0.717, 1.165) is 17.2 Å². The van der Waals surface area contributed by atoms with Crippen molar-refractivity contribution in [2.75, 3.05) is 38.2 Å². The van der Waals surface area contributed by atoms with Gasteiger partial charge in [-0.15, -0.1) is 0 Å². The molecule has 0 amide bonds. The van der Waals surface area contributed by atoms with Crippen LogP contribution in [0.25, 0.3) is 38.8 Å². The number of aryl methyl sites for hydroxylation is 1. The van der Waals surface area contributed by atoms with Gasteiger partial charge in [-0.3, -0.25) is 14.1 Å². The molecule has 4 heterocycles. The van der Waals surface area contributed by atoms with Crippen LogP contribution in [0.3, 0.4) is 0 Å². The zero-order valence-corrected chi connectivity index (χ0v) is 23.3. The minimum atomic E-state index is -5.75. The number of anilines is 1. The van der Waals surface area contributed by atoms with Crippen molar-refractivity contribution in [1.29, 1.82) is 0 Å². The number of aromatic nitrogens is 4. The van der Waals surface area contributed by atoms with Gasteiger partial charge in [-0.25, -0.2) is 18.2 Å². The average molecular weight is 599 g/mol. The number of sulfone groups is 1. The Morgan fingerprint density at radius 1 is 0.952 bits per heavy atom. The van der Waals surface area contributed by atoms with Crippen molar-refractivity contribution in [2.45, 2.75) is 10.4 Å². The standard InChI is InChI=1S/C28H25F3N6O4S/c1-35-23-16-33-21-6-3-17(18-4-8-25(41-2)34-15-18)13-20(21)26(23)37(27(35)38)19-5-7-22(36-11-9-32-10-12-36)24(14-19)42(39,40)28(29,30)31/h3-8,13-16,32H,9-12H2,1-2H3. The third kappa shape index (κ3) is 4.47. The number of pyridine rings is 2. The normalized spacial score (nSPS) is 14.5. The van der Waals surface area contributed by atoms with Crippen molar-refractivity contribution in [1.82, 2.24) is 24.4 Å². The number of nitrogens with zero attached hydrogens (tertiary/aromatic N) is 5. The molecule has 10 nitrogen and oxygen atoms in total. The van der Waals surface area contributed by atoms with Crippen molar-refractivity contribution < 1.29 is 26.3 Å². The molecule has 42 heavy (non-hydrogen) atoms. The molecule has 0 spiro atoms. The summed E-state index contributed by atoms with van der Waals surface area (Å²) in [6, 6.07) is 12.7. The number of methoxy groups -OCH3 is 1. The van der Waals surface area contributed by atoms with Crippen molar-refractivity contribution in [3.63, 3.8) is 0 Å². The first-order chi connectivity index (χ1) is 20.0. The molecule has 0 bridgehead atoms. The summed E-state index contributed by atoms with van der Waals surface area (Å²) in [5, 5.41) is 3.65. The lowest BCUT2D eigenvalue weighted by molar-refractivity contribution is -0.0435. The zero-order chi connectivity index (χ0) is 29.8. The van der Waals surface area contributed by atoms with Crippen molar-refractivity contribution in [3.8, 4) is 22.7 Å². The Balaban J connectivity index is 1.61. The van der Waals surface area contributed by atoms with Crippen LogP contribution in [-0.4, -0.2) is 66.3 Å². The molecule has 6 rings (SSSR count). The number of ether oxygens (including phenoxy) is 1. The van der Waals surface area contributed by atoms with Crippen LogP contribution in [0.15, 0.2) is 70.6 Å². The van der Waals surface area contributed by atoms with Crippen LogP contribution in [0.1, 0.15) is 0 Å². The third-order valence-corrected chi connectivity index (χ3v) is 8.93. The molecule has 1 saturated heterocycles. The Bertz CT molecular complexity index is 2000. The summed E-state index contributed by atoms with van der Waals surface area (Å²) in [5.41, 5.74) is -3.33. The number of imidazole rings is 1. The number of piperazine rings is 1. The first kappa shape index (κ1) is 27.7. The molecule has 2 aromatic carbocycles. The number of hydrogen-bond donors (Lipinski definition) is 1. The molecule has 1 aliphatic rings. The average Bonchev–Trinajstić information content (AvgIpc) is 3.26. The molecule has 0 radical (unpaired) electrons. The Kier molecular flexibility index (Phi) is 6.69. The van der Waals surface area contributed by atoms with Crippen LogP contribution in [0.4, 0.5) is 18.9 Å². The van der Waals surface area contributed by atoms with Crippen LogP contribution >= 0.6 is 0 Å². The summed E-state index contributed by atoms with van der Waals surface area (Å²) in [5.74, 6) is 0.439. The minimum Gasteiger partial charge on any atom is -0.481 e. The maximum Gasteiger partial charge on any atom is 0.501 e. The highest BCUT2D eigenvalue weighted by Crippen LogP contribution is 2.38. The predicted octanol–water partition coefficient (Wildman–Crippen LogP) is 3.65. The van der Waals surface area contributed by atoms with E-state index in [1.165, 1.54) is 41.6 Å². The summed E-state index contributed by atoms with van der Waals surface area (Å²) in [6.07, 6.45) is 3.14. The topological polar surface area (TPSA) is 111 Å². The van der Waals surface area contributed by atoms with Crippen molar-refractivity contribution in [2.24, 2.45) is 7.05 Å². The van der Waals surface area contributed by atoms with Gasteiger partial charge in [0.2, 0.25) is 5.88 Å². The number of halogens is 3. The van der Waals surface area contributed by atoms with E-state index in [1.807, 2.05) is 18.2 Å². The molecule has 5 aromatic rings. The van der Waals surface area contributed by atoms with Gasteiger partial charge in [-0.05, 0) is 42.0 Å². The molecule has 218 valence electrons. The largest absolute Gasteiger partial charge is 0.501 e. The Morgan fingerprint density at radius 3 is 2.36 bits per heavy atom. The Hall–Kier alpha value is -4.43. The lowest BCUT2D eigenvalue weighted by Gasteiger charge is -2.31. The first-order valence-corrected chi connectivity index (χ1v) is 14.4. The number of benzene rings is 2. The van der Waals surface area contributed by atoms with Crippen molar-refractivity contribution in [3.05, 3.63) is 71.4 Å². The molecule has 14 heteroatoms. The Labute approximate surface area is 237 Å². The van der Waals surface area contributed by atoms with Crippen LogP contribution < -0.4 is 20.6 Å². The van der Waals surface area contributed by atoms with Crippen LogP contribution in [0.2, 0.25) is 0 Å². The number of fused-ring (bicyclic) bond motifs is 3. The number of nitrogens with one attached hydrogen (secondary N) is 1. The van der Waals surface area contributed by atoms with Gasteiger partial charge < -0.3 is 15.0 Å². The van der Waals surface area contributed by atoms with Gasteiger partial charge in [0.25, 0.3) is 9.84 Å². The van der Waals surface area contributed by atoms with Crippen LogP contribution in [-0.2, 0) is 16.9 Å². The summed E-state index contributed by atoms with van der Waals surface area (Å²) in [6.45, 7) is 1.63. The highest BCUT2D eigenvalue weighted by Gasteiger charge is 2.48. The smallest absolute Gasteiger partial charge is 0.481 e. The van der Waals surface area contributed by atoms with Gasteiger partial charge in [-0.2, -0.15) is 13.2 Å². The fourth-order valence-electron chi connectivity index (χ4n) is 5.24. The quantitative estimate of drug-likeness (QED) is 0.327. The summed E-state index contributed by atoms with van der Waals surface area (Å²) >= 11 is 0. The molecule has 1 aliphatic heterocycles. The maximum atomic E-state index is 13.9. The number of hydrogen-bond acceptors (Lipinski definition) is 8. The van der Waals surface area contributed by atoms with Crippen LogP contribution in [0, 0.1) is 0 Å². The molecule has 1 fully saturated rings. The second-order valence-corrected chi connectivity index (χ2v) is 11.7. The van der Waals surface area contributed by atoms with E-state index >= 15 is 0 Å². The maximum absolute atomic E-state index is 13.9. The minimum absolute atomic E-state index is 0.0173. The van der Waals surface area contributed by atoms with Gasteiger partial charge in [0.1, 0.15) is 4.90 Å². The molecule has 0 aliphatic carbocycles. The molecule has 0 atom stereocenters. The number of rotatable bonds is 5. The highest BCUT2D eigenvalue weighted by atomic mass is 32.2. The van der Waals surface area contributed by atoms with Gasteiger partial charge >= 0.3 is 11.2 Å². The van der Waals surface area contributed by atoms with E-state index in [2.05, 4.69) is 15.3 Å². The highest BCUT2D eigenvalue weighted by molar-refractivity contribution is 7.92. The van der Waals surface area contributed by atoms with Gasteiger partial charge in [0, 0.05) is 56.4 Å². The molecular weight excluding hydrogens is 573 g/mol. The Morgan fingerprint density at radius 2 is 1.69 bits per heavy atom. The lowest BCUT2D eigenvalue weighted by atomic mass is 10.0.